The average Bonchev–Trinajstić information content (AvgIpc) is 2.14. The van der Waals surface area contributed by atoms with Crippen molar-refractivity contribution >= 4 is 5.69 Å². The highest BCUT2D eigenvalue weighted by Crippen LogP contribution is 2.17. The summed E-state index contributed by atoms with van der Waals surface area (Å²) < 4.78 is 13.1. The summed E-state index contributed by atoms with van der Waals surface area (Å²) in [6, 6.07) is 3.62. The number of benzene rings is 1. The van der Waals surface area contributed by atoms with Crippen molar-refractivity contribution in [3.05, 3.63) is 39.7 Å². The van der Waals surface area contributed by atoms with Crippen LogP contribution < -0.4 is 5.32 Å². The first-order valence-electron chi connectivity index (χ1n) is 5.42. The highest BCUT2D eigenvalue weighted by atomic mass is 19.1. The molecule has 0 saturated heterocycles. The Kier molecular flexibility index (Phi) is 4.17. The van der Waals surface area contributed by atoms with Crippen LogP contribution in [0.25, 0.3) is 0 Å². The monoisotopic (exact) mass is 240 g/mol. The van der Waals surface area contributed by atoms with E-state index in [0.717, 1.165) is 12.6 Å². The van der Waals surface area contributed by atoms with E-state index in [1.54, 1.807) is 0 Å². The zero-order valence-corrected chi connectivity index (χ0v) is 10.3. The molecule has 94 valence electrons. The molecule has 0 aliphatic carbocycles. The molecule has 1 rings (SSSR count). The summed E-state index contributed by atoms with van der Waals surface area (Å²) in [7, 11) is 0. The molecular formula is C12H17FN2O2. The van der Waals surface area contributed by atoms with Crippen LogP contribution in [0.5, 0.6) is 0 Å². The largest absolute Gasteiger partial charge is 0.312 e. The lowest BCUT2D eigenvalue weighted by atomic mass is 9.97. The molecule has 0 unspecified atom stereocenters. The van der Waals surface area contributed by atoms with E-state index in [1.165, 1.54) is 12.1 Å². The highest BCUT2D eigenvalue weighted by molar-refractivity contribution is 5.35. The van der Waals surface area contributed by atoms with Gasteiger partial charge >= 0.3 is 0 Å². The van der Waals surface area contributed by atoms with Gasteiger partial charge in [-0.25, -0.2) is 4.39 Å². The molecule has 0 aromatic heterocycles. The van der Waals surface area contributed by atoms with Gasteiger partial charge in [-0.1, -0.05) is 20.8 Å². The predicted octanol–water partition coefficient (Wildman–Crippen LogP) is 2.87. The number of nitrogens with zero attached hydrogens (tertiary/aromatic N) is 1. The van der Waals surface area contributed by atoms with Crippen molar-refractivity contribution in [1.82, 2.24) is 5.32 Å². The molecule has 0 spiro atoms. The van der Waals surface area contributed by atoms with Gasteiger partial charge in [0.25, 0.3) is 5.69 Å². The maximum Gasteiger partial charge on any atom is 0.272 e. The van der Waals surface area contributed by atoms with Crippen LogP contribution in [-0.2, 0) is 6.54 Å². The van der Waals surface area contributed by atoms with Crippen LogP contribution in [0, 0.1) is 21.3 Å². The molecule has 5 heteroatoms. The molecule has 0 amide bonds. The second-order valence-electron chi connectivity index (χ2n) is 5.24. The molecule has 0 saturated carbocycles. The van der Waals surface area contributed by atoms with Gasteiger partial charge in [-0.3, -0.25) is 10.1 Å². The molecular weight excluding hydrogens is 223 g/mol. The zero-order chi connectivity index (χ0) is 13.1. The number of hydrogen-bond acceptors (Lipinski definition) is 3. The van der Waals surface area contributed by atoms with E-state index in [4.69, 9.17) is 0 Å². The molecule has 1 N–H and O–H groups in total. The van der Waals surface area contributed by atoms with E-state index in [1.807, 2.05) is 0 Å². The fourth-order valence-corrected chi connectivity index (χ4v) is 1.42. The summed E-state index contributed by atoms with van der Waals surface area (Å²) in [5.74, 6) is -0.577. The molecule has 17 heavy (non-hydrogen) atoms. The zero-order valence-electron chi connectivity index (χ0n) is 10.3. The van der Waals surface area contributed by atoms with Crippen molar-refractivity contribution in [2.75, 3.05) is 6.54 Å². The Labute approximate surface area is 100.0 Å². The number of halogens is 1. The molecule has 0 heterocycles. The summed E-state index contributed by atoms with van der Waals surface area (Å²) in [6.07, 6.45) is 0. The van der Waals surface area contributed by atoms with Crippen LogP contribution in [-0.4, -0.2) is 11.5 Å². The smallest absolute Gasteiger partial charge is 0.272 e. The minimum absolute atomic E-state index is 0.124. The van der Waals surface area contributed by atoms with E-state index in [2.05, 4.69) is 26.1 Å². The number of rotatable bonds is 4. The van der Waals surface area contributed by atoms with E-state index >= 15 is 0 Å². The molecule has 0 fully saturated rings. The van der Waals surface area contributed by atoms with Gasteiger partial charge in [0.2, 0.25) is 0 Å². The molecule has 0 aliphatic heterocycles. The van der Waals surface area contributed by atoms with Crippen LogP contribution in [0.15, 0.2) is 18.2 Å². The van der Waals surface area contributed by atoms with Gasteiger partial charge in [0.1, 0.15) is 5.82 Å². The number of non-ortho nitro benzene ring substituents is 1. The van der Waals surface area contributed by atoms with Crippen LogP contribution >= 0.6 is 0 Å². The van der Waals surface area contributed by atoms with Crippen molar-refractivity contribution in [3.63, 3.8) is 0 Å². The van der Waals surface area contributed by atoms with Gasteiger partial charge in [0.05, 0.1) is 11.0 Å². The number of hydrogen-bond donors (Lipinski definition) is 1. The lowest BCUT2D eigenvalue weighted by molar-refractivity contribution is -0.385. The third-order valence-corrected chi connectivity index (χ3v) is 2.14. The van der Waals surface area contributed by atoms with Gasteiger partial charge < -0.3 is 5.32 Å². The van der Waals surface area contributed by atoms with E-state index in [0.29, 0.717) is 12.1 Å². The van der Waals surface area contributed by atoms with Gasteiger partial charge in [0, 0.05) is 19.2 Å². The summed E-state index contributed by atoms with van der Waals surface area (Å²) in [5, 5.41) is 13.7. The third-order valence-electron chi connectivity index (χ3n) is 2.14. The van der Waals surface area contributed by atoms with Crippen molar-refractivity contribution in [1.29, 1.82) is 0 Å². The fourth-order valence-electron chi connectivity index (χ4n) is 1.42. The normalized spacial score (nSPS) is 11.5. The Morgan fingerprint density at radius 3 is 2.53 bits per heavy atom. The Bertz CT molecular complexity index is 413. The molecule has 1 aromatic rings. The van der Waals surface area contributed by atoms with E-state index in [9.17, 15) is 14.5 Å². The predicted molar refractivity (Wildman–Crippen MR) is 64.2 cm³/mol. The second-order valence-corrected chi connectivity index (χ2v) is 5.24. The Balaban J connectivity index is 2.68. The minimum Gasteiger partial charge on any atom is -0.312 e. The summed E-state index contributed by atoms with van der Waals surface area (Å²) in [4.78, 5) is 9.97. The molecule has 0 atom stereocenters. The molecule has 0 radical (unpaired) electrons. The van der Waals surface area contributed by atoms with E-state index in [-0.39, 0.29) is 11.1 Å². The molecule has 0 aliphatic rings. The first-order valence-corrected chi connectivity index (χ1v) is 5.42. The molecule has 1 aromatic carbocycles. The first kappa shape index (κ1) is 13.6. The van der Waals surface area contributed by atoms with Crippen molar-refractivity contribution in [2.24, 2.45) is 5.41 Å². The number of nitro benzene ring substituents is 1. The number of nitrogens with one attached hydrogen (secondary N) is 1. The topological polar surface area (TPSA) is 55.2 Å². The van der Waals surface area contributed by atoms with Gasteiger partial charge in [-0.05, 0) is 17.0 Å². The third kappa shape index (κ3) is 4.91. The van der Waals surface area contributed by atoms with Crippen LogP contribution in [0.1, 0.15) is 26.3 Å². The maximum absolute atomic E-state index is 13.1. The Morgan fingerprint density at radius 1 is 1.35 bits per heavy atom. The summed E-state index contributed by atoms with van der Waals surface area (Å²) in [6.45, 7) is 7.42. The minimum atomic E-state index is -0.587. The SMILES string of the molecule is CC(C)(C)CNCc1cc(F)cc([N+](=O)[O-])c1. The van der Waals surface area contributed by atoms with Gasteiger partial charge in [0.15, 0.2) is 0 Å². The van der Waals surface area contributed by atoms with Crippen LogP contribution in [0.2, 0.25) is 0 Å². The highest BCUT2D eigenvalue weighted by Gasteiger charge is 2.11. The number of nitro groups is 1. The van der Waals surface area contributed by atoms with Crippen LogP contribution in [0.3, 0.4) is 0 Å². The van der Waals surface area contributed by atoms with Gasteiger partial charge in [-0.15, -0.1) is 0 Å². The summed E-state index contributed by atoms with van der Waals surface area (Å²) >= 11 is 0. The van der Waals surface area contributed by atoms with Crippen molar-refractivity contribution < 1.29 is 9.31 Å². The van der Waals surface area contributed by atoms with Crippen molar-refractivity contribution in [2.45, 2.75) is 27.3 Å². The average molecular weight is 240 g/mol. The Hall–Kier alpha value is -1.49. The maximum atomic E-state index is 13.1. The quantitative estimate of drug-likeness (QED) is 0.650. The fraction of sp³-hybridized carbons (Fsp3) is 0.500. The standard InChI is InChI=1S/C12H17FN2O2/c1-12(2,3)8-14-7-9-4-10(13)6-11(5-9)15(16)17/h4-6,14H,7-8H2,1-3H3. The molecule has 0 bridgehead atoms. The lowest BCUT2D eigenvalue weighted by Crippen LogP contribution is -2.26. The molecule has 4 nitrogen and oxygen atoms in total. The second kappa shape index (κ2) is 5.23. The first-order chi connectivity index (χ1) is 7.78. The summed E-state index contributed by atoms with van der Waals surface area (Å²) in [5.41, 5.74) is 0.498. The van der Waals surface area contributed by atoms with Crippen LogP contribution in [0.4, 0.5) is 10.1 Å². The lowest BCUT2D eigenvalue weighted by Gasteiger charge is -2.18. The van der Waals surface area contributed by atoms with Gasteiger partial charge in [-0.2, -0.15) is 0 Å². The van der Waals surface area contributed by atoms with E-state index < -0.39 is 10.7 Å². The van der Waals surface area contributed by atoms with Crippen molar-refractivity contribution in [3.8, 4) is 0 Å². The Morgan fingerprint density at radius 2 is 2.00 bits per heavy atom.